The highest BCUT2D eigenvalue weighted by molar-refractivity contribution is 6.91. The molecule has 4 heterocycles. The summed E-state index contributed by atoms with van der Waals surface area (Å²) in [5.41, 5.74) is 2.76. The fourth-order valence-corrected chi connectivity index (χ4v) is 13.4. The lowest BCUT2D eigenvalue weighted by Crippen LogP contribution is -2.55. The van der Waals surface area contributed by atoms with Crippen molar-refractivity contribution >= 4 is 48.1 Å². The molecule has 3 aliphatic rings. The highest BCUT2D eigenvalue weighted by atomic mass is 28.3. The van der Waals surface area contributed by atoms with E-state index in [1.807, 2.05) is 91.1 Å². The number of carbonyl (C=O) groups is 3. The largest absolute Gasteiger partial charge is 0.497 e. The van der Waals surface area contributed by atoms with Crippen molar-refractivity contribution in [2.24, 2.45) is 5.92 Å². The number of benzene rings is 4. The Bertz CT molecular complexity index is 2290. The van der Waals surface area contributed by atoms with Crippen LogP contribution in [0.15, 0.2) is 109 Å². The van der Waals surface area contributed by atoms with Gasteiger partial charge in [0.05, 0.1) is 51.6 Å². The van der Waals surface area contributed by atoms with Crippen molar-refractivity contribution in [2.75, 3.05) is 23.5 Å². The Kier molecular flexibility index (Phi) is 10.1. The third kappa shape index (κ3) is 6.53. The van der Waals surface area contributed by atoms with Gasteiger partial charge in [0.1, 0.15) is 5.75 Å². The lowest BCUT2D eigenvalue weighted by Gasteiger charge is -2.39. The molecule has 1 N–H and O–H groups in total. The van der Waals surface area contributed by atoms with E-state index in [9.17, 15) is 14.7 Å². The fourth-order valence-electron chi connectivity index (χ4n) is 9.36. The Morgan fingerprint density at radius 2 is 1.68 bits per heavy atom. The van der Waals surface area contributed by atoms with E-state index in [2.05, 4.69) is 42.5 Å². The van der Waals surface area contributed by atoms with Gasteiger partial charge in [-0.05, 0) is 60.0 Å². The number of aliphatic hydroxyl groups is 1. The Morgan fingerprint density at radius 3 is 2.33 bits per heavy atom. The predicted molar refractivity (Wildman–Crippen MR) is 217 cm³/mol. The number of β-lactam (4-membered cyclic amide) rings is 1. The zero-order chi connectivity index (χ0) is 40.1. The van der Waals surface area contributed by atoms with E-state index in [0.29, 0.717) is 41.3 Å². The summed E-state index contributed by atoms with van der Waals surface area (Å²) in [6.45, 7) is 8.47. The number of hydrogen-bond donors (Lipinski definition) is 1. The second-order valence-electron chi connectivity index (χ2n) is 15.7. The number of aliphatic hydroxyl groups excluding tert-OH is 1. The SMILES string of the molecule is COc1ccc([Si](C)(C)[C@@H]2[C@@H](CCn3cc(C(CO)c4ccccc4)nn3)O[C@]3(C(=O)N(c4ccccc4)c4ccc(N5C(=O)CC5OC(C)=O)cc43)[C@H]2C)cc1. The van der Waals surface area contributed by atoms with Crippen LogP contribution in [0.2, 0.25) is 18.6 Å². The molecule has 3 aliphatic heterocycles. The van der Waals surface area contributed by atoms with Gasteiger partial charge in [-0.1, -0.05) is 91.1 Å². The molecule has 2 fully saturated rings. The van der Waals surface area contributed by atoms with Gasteiger partial charge >= 0.3 is 5.97 Å². The van der Waals surface area contributed by atoms with Crippen molar-refractivity contribution < 1.29 is 33.7 Å². The lowest BCUT2D eigenvalue weighted by atomic mass is 9.82. The molecular formula is C44H47N5O7Si. The van der Waals surface area contributed by atoms with Gasteiger partial charge in [0.15, 0.2) is 11.8 Å². The molecule has 294 valence electrons. The van der Waals surface area contributed by atoms with Gasteiger partial charge in [0.2, 0.25) is 5.91 Å². The monoisotopic (exact) mass is 785 g/mol. The number of carbonyl (C=O) groups excluding carboxylic acids is 3. The first-order valence-electron chi connectivity index (χ1n) is 19.4. The van der Waals surface area contributed by atoms with Gasteiger partial charge in [-0.15, -0.1) is 5.10 Å². The van der Waals surface area contributed by atoms with E-state index < -0.39 is 25.9 Å². The Hall–Kier alpha value is -5.63. The Labute approximate surface area is 333 Å². The number of methoxy groups -OCH3 is 1. The molecule has 0 bridgehead atoms. The minimum atomic E-state index is -2.48. The van der Waals surface area contributed by atoms with Gasteiger partial charge in [-0.25, -0.2) is 0 Å². The van der Waals surface area contributed by atoms with Crippen molar-refractivity contribution in [3.05, 3.63) is 126 Å². The topological polar surface area (TPSA) is 136 Å². The number of hydrogen-bond acceptors (Lipinski definition) is 9. The first kappa shape index (κ1) is 38.3. The molecule has 8 rings (SSSR count). The predicted octanol–water partition coefficient (Wildman–Crippen LogP) is 6.02. The van der Waals surface area contributed by atoms with Crippen LogP contribution in [0.3, 0.4) is 0 Å². The molecule has 1 aromatic heterocycles. The van der Waals surface area contributed by atoms with Crippen LogP contribution in [0.1, 0.15) is 49.4 Å². The maximum atomic E-state index is 15.4. The second kappa shape index (κ2) is 15.0. The summed E-state index contributed by atoms with van der Waals surface area (Å²) in [6.07, 6.45) is 1.40. The quantitative estimate of drug-likeness (QED) is 0.0915. The smallest absolute Gasteiger partial charge is 0.304 e. The first-order valence-corrected chi connectivity index (χ1v) is 22.5. The molecule has 2 saturated heterocycles. The second-order valence-corrected chi connectivity index (χ2v) is 20.4. The normalized spacial score (nSPS) is 23.4. The van der Waals surface area contributed by atoms with Crippen molar-refractivity contribution in [2.45, 2.75) is 75.7 Å². The standard InChI is InChI=1S/C44H47N5O7Si/c1-28-42(57(4,5)34-19-17-33(54-3)18-20-34)39(22-23-47-26-37(45-46-47)35(27-50)30-12-8-6-9-13-30)56-44(28)36-24-32(49-40(52)25-41(49)55-29(2)51)16-21-38(36)48(43(44)53)31-14-10-7-11-15-31/h6-21,24,26,28,35,39,41-42,50H,22-23,25,27H2,1-5H3/t28-,35?,39+,41?,42-,44+/m0/s1. The Balaban J connectivity index is 1.21. The summed E-state index contributed by atoms with van der Waals surface area (Å²) in [5, 5.41) is 20.5. The molecule has 0 aliphatic carbocycles. The molecule has 12 nitrogen and oxygen atoms in total. The van der Waals surface area contributed by atoms with Crippen LogP contribution in [-0.2, 0) is 36.0 Å². The van der Waals surface area contributed by atoms with E-state index in [1.165, 1.54) is 17.0 Å². The minimum absolute atomic E-state index is 0.0565. The number of ether oxygens (including phenoxy) is 3. The molecule has 2 amide bonds. The molecular weight excluding hydrogens is 739 g/mol. The third-order valence-electron chi connectivity index (χ3n) is 12.2. The van der Waals surface area contributed by atoms with Crippen LogP contribution in [0, 0.1) is 5.92 Å². The highest BCUT2D eigenvalue weighted by Crippen LogP contribution is 2.61. The van der Waals surface area contributed by atoms with Crippen molar-refractivity contribution in [1.82, 2.24) is 15.0 Å². The lowest BCUT2D eigenvalue weighted by molar-refractivity contribution is -0.153. The third-order valence-corrected chi connectivity index (χ3v) is 16.5. The van der Waals surface area contributed by atoms with Gasteiger partial charge in [-0.3, -0.25) is 28.9 Å². The van der Waals surface area contributed by atoms with Crippen LogP contribution >= 0.6 is 0 Å². The highest BCUT2D eigenvalue weighted by Gasteiger charge is 2.66. The van der Waals surface area contributed by atoms with Crippen molar-refractivity contribution in [3.63, 3.8) is 0 Å². The van der Waals surface area contributed by atoms with E-state index in [4.69, 9.17) is 14.2 Å². The number of esters is 1. The number of anilines is 3. The summed E-state index contributed by atoms with van der Waals surface area (Å²) in [7, 11) is -0.825. The van der Waals surface area contributed by atoms with E-state index in [0.717, 1.165) is 11.3 Å². The number of aryl methyl sites for hydroxylation is 1. The summed E-state index contributed by atoms with van der Waals surface area (Å²) >= 11 is 0. The molecule has 0 saturated carbocycles. The number of amides is 2. The van der Waals surface area contributed by atoms with Crippen LogP contribution < -0.4 is 19.7 Å². The maximum Gasteiger partial charge on any atom is 0.304 e. The maximum absolute atomic E-state index is 15.4. The van der Waals surface area contributed by atoms with Crippen LogP contribution in [-0.4, -0.2) is 72.0 Å². The number of para-hydroxylation sites is 1. The molecule has 6 atom stereocenters. The number of nitrogens with zero attached hydrogens (tertiary/aromatic N) is 5. The average molecular weight is 786 g/mol. The number of fused-ring (bicyclic) bond motifs is 2. The molecule has 13 heteroatoms. The van der Waals surface area contributed by atoms with Gasteiger partial charge < -0.3 is 19.3 Å². The average Bonchev–Trinajstić information content (AvgIpc) is 3.87. The summed E-state index contributed by atoms with van der Waals surface area (Å²) < 4.78 is 20.2. The molecule has 1 spiro atoms. The molecule has 0 radical (unpaired) electrons. The van der Waals surface area contributed by atoms with Crippen LogP contribution in [0.25, 0.3) is 0 Å². The minimum Gasteiger partial charge on any atom is -0.497 e. The summed E-state index contributed by atoms with van der Waals surface area (Å²) in [5.74, 6) is -0.693. The van der Waals surface area contributed by atoms with Gasteiger partial charge in [0.25, 0.3) is 5.91 Å². The molecule has 4 aromatic carbocycles. The summed E-state index contributed by atoms with van der Waals surface area (Å²) in [4.78, 5) is 43.6. The van der Waals surface area contributed by atoms with Crippen molar-refractivity contribution in [1.29, 1.82) is 0 Å². The van der Waals surface area contributed by atoms with Crippen LogP contribution in [0.5, 0.6) is 5.75 Å². The zero-order valence-electron chi connectivity index (χ0n) is 32.7. The number of rotatable bonds is 12. The van der Waals surface area contributed by atoms with E-state index in [-0.39, 0.29) is 48.3 Å². The fraction of sp³-hybridized carbons (Fsp3) is 0.341. The molecule has 5 aromatic rings. The van der Waals surface area contributed by atoms with Gasteiger partial charge in [0, 0.05) is 42.5 Å². The molecule has 57 heavy (non-hydrogen) atoms. The summed E-state index contributed by atoms with van der Waals surface area (Å²) in [6, 6.07) is 33.1. The number of aromatic nitrogens is 3. The first-order chi connectivity index (χ1) is 27.5. The van der Waals surface area contributed by atoms with Crippen LogP contribution in [0.4, 0.5) is 17.1 Å². The van der Waals surface area contributed by atoms with E-state index in [1.54, 1.807) is 22.8 Å². The van der Waals surface area contributed by atoms with Crippen molar-refractivity contribution in [3.8, 4) is 5.75 Å². The Morgan fingerprint density at radius 1 is 0.982 bits per heavy atom. The molecule has 2 unspecified atom stereocenters. The zero-order valence-corrected chi connectivity index (χ0v) is 33.7. The van der Waals surface area contributed by atoms with E-state index >= 15 is 4.79 Å². The van der Waals surface area contributed by atoms with Gasteiger partial charge in [-0.2, -0.15) is 0 Å².